The van der Waals surface area contributed by atoms with Crippen molar-refractivity contribution in [2.24, 2.45) is 0 Å². The van der Waals surface area contributed by atoms with Crippen LogP contribution in [0.1, 0.15) is 29.3 Å². The van der Waals surface area contributed by atoms with Crippen LogP contribution in [0.25, 0.3) is 0 Å². The molecular formula is C13H16F3NO2. The number of carbonyl (C=O) groups is 1. The van der Waals surface area contributed by atoms with Gasteiger partial charge in [0, 0.05) is 17.7 Å². The minimum Gasteiger partial charge on any atom is -0.508 e. The standard InChI is InChI=1S/C13H16F3NO2/c1-3-7-17(8-13(14,15)16)12(19)10-5-4-6-11(18)9(10)2/h4-6,18H,3,7-8H2,1-2H3. The fourth-order valence-electron chi connectivity index (χ4n) is 1.76. The maximum atomic E-state index is 12.4. The van der Waals surface area contributed by atoms with Crippen LogP contribution in [-0.4, -0.2) is 35.2 Å². The summed E-state index contributed by atoms with van der Waals surface area (Å²) in [5.74, 6) is -0.818. The molecule has 0 heterocycles. The molecule has 1 N–H and O–H groups in total. The van der Waals surface area contributed by atoms with E-state index in [2.05, 4.69) is 0 Å². The number of phenolic OH excluding ortho intramolecular Hbond substituents is 1. The number of alkyl halides is 3. The molecule has 0 fully saturated rings. The third-order valence-corrected chi connectivity index (χ3v) is 2.69. The molecule has 6 heteroatoms. The van der Waals surface area contributed by atoms with Crippen molar-refractivity contribution in [3.8, 4) is 5.75 Å². The van der Waals surface area contributed by atoms with E-state index in [1.54, 1.807) is 6.92 Å². The van der Waals surface area contributed by atoms with Gasteiger partial charge in [-0.1, -0.05) is 13.0 Å². The van der Waals surface area contributed by atoms with E-state index >= 15 is 0 Å². The van der Waals surface area contributed by atoms with Crippen molar-refractivity contribution >= 4 is 5.91 Å². The Labute approximate surface area is 109 Å². The van der Waals surface area contributed by atoms with Gasteiger partial charge in [-0.15, -0.1) is 0 Å². The minimum atomic E-state index is -4.43. The predicted octanol–water partition coefficient (Wildman–Crippen LogP) is 3.12. The van der Waals surface area contributed by atoms with Gasteiger partial charge in [0.25, 0.3) is 5.91 Å². The van der Waals surface area contributed by atoms with Crippen LogP contribution in [0.4, 0.5) is 13.2 Å². The van der Waals surface area contributed by atoms with Crippen LogP contribution in [-0.2, 0) is 0 Å². The van der Waals surface area contributed by atoms with Crippen molar-refractivity contribution in [3.63, 3.8) is 0 Å². The summed E-state index contributed by atoms with van der Waals surface area (Å²) in [5.41, 5.74) is 0.383. The number of hydrogen-bond acceptors (Lipinski definition) is 2. The molecule has 0 aliphatic heterocycles. The Kier molecular flexibility index (Phi) is 4.80. The highest BCUT2D eigenvalue weighted by molar-refractivity contribution is 5.96. The van der Waals surface area contributed by atoms with E-state index in [0.717, 1.165) is 4.90 Å². The summed E-state index contributed by atoms with van der Waals surface area (Å²) < 4.78 is 37.3. The second-order valence-electron chi connectivity index (χ2n) is 4.29. The van der Waals surface area contributed by atoms with E-state index < -0.39 is 18.6 Å². The average Bonchev–Trinajstić information content (AvgIpc) is 2.30. The summed E-state index contributed by atoms with van der Waals surface area (Å²) >= 11 is 0. The Bertz CT molecular complexity index is 458. The second kappa shape index (κ2) is 5.95. The number of benzene rings is 1. The van der Waals surface area contributed by atoms with Gasteiger partial charge in [0.1, 0.15) is 12.3 Å². The quantitative estimate of drug-likeness (QED) is 0.917. The van der Waals surface area contributed by atoms with Gasteiger partial charge in [-0.2, -0.15) is 13.2 Å². The van der Waals surface area contributed by atoms with Crippen molar-refractivity contribution < 1.29 is 23.1 Å². The largest absolute Gasteiger partial charge is 0.508 e. The van der Waals surface area contributed by atoms with Gasteiger partial charge in [-0.05, 0) is 25.5 Å². The number of phenols is 1. The molecule has 0 aliphatic carbocycles. The third kappa shape index (κ3) is 4.15. The Morgan fingerprint density at radius 1 is 1.37 bits per heavy atom. The van der Waals surface area contributed by atoms with Crippen LogP contribution in [0, 0.1) is 6.92 Å². The molecular weight excluding hydrogens is 259 g/mol. The Balaban J connectivity index is 3.02. The van der Waals surface area contributed by atoms with E-state index in [1.165, 1.54) is 25.1 Å². The fraction of sp³-hybridized carbons (Fsp3) is 0.462. The zero-order valence-corrected chi connectivity index (χ0v) is 10.8. The monoisotopic (exact) mass is 275 g/mol. The molecule has 0 aliphatic rings. The lowest BCUT2D eigenvalue weighted by Crippen LogP contribution is -2.39. The molecule has 3 nitrogen and oxygen atoms in total. The summed E-state index contributed by atoms with van der Waals surface area (Å²) in [6.45, 7) is 1.94. The van der Waals surface area contributed by atoms with Crippen molar-refractivity contribution in [2.75, 3.05) is 13.1 Å². The number of carbonyl (C=O) groups excluding carboxylic acids is 1. The van der Waals surface area contributed by atoms with Crippen LogP contribution in [0.5, 0.6) is 5.75 Å². The van der Waals surface area contributed by atoms with Gasteiger partial charge in [0.05, 0.1) is 0 Å². The highest BCUT2D eigenvalue weighted by atomic mass is 19.4. The Morgan fingerprint density at radius 2 is 2.00 bits per heavy atom. The molecule has 0 unspecified atom stereocenters. The number of rotatable bonds is 4. The molecule has 19 heavy (non-hydrogen) atoms. The van der Waals surface area contributed by atoms with E-state index in [0.29, 0.717) is 6.42 Å². The van der Waals surface area contributed by atoms with E-state index in [1.807, 2.05) is 0 Å². The number of nitrogens with zero attached hydrogens (tertiary/aromatic N) is 1. The van der Waals surface area contributed by atoms with Gasteiger partial charge < -0.3 is 10.0 Å². The number of amides is 1. The second-order valence-corrected chi connectivity index (χ2v) is 4.29. The average molecular weight is 275 g/mol. The highest BCUT2D eigenvalue weighted by Gasteiger charge is 2.33. The molecule has 1 rings (SSSR count). The smallest absolute Gasteiger partial charge is 0.406 e. The first-order valence-electron chi connectivity index (χ1n) is 5.91. The summed E-state index contributed by atoms with van der Waals surface area (Å²) in [5, 5.41) is 9.50. The SMILES string of the molecule is CCCN(CC(F)(F)F)C(=O)c1cccc(O)c1C. The topological polar surface area (TPSA) is 40.5 Å². The van der Waals surface area contributed by atoms with Gasteiger partial charge in [0.2, 0.25) is 0 Å². The summed E-state index contributed by atoms with van der Waals surface area (Å²) in [6.07, 6.45) is -4.00. The van der Waals surface area contributed by atoms with E-state index in [4.69, 9.17) is 0 Å². The molecule has 0 spiro atoms. The molecule has 0 bridgehead atoms. The lowest BCUT2D eigenvalue weighted by atomic mass is 10.1. The molecule has 1 aromatic carbocycles. The predicted molar refractivity (Wildman–Crippen MR) is 65.1 cm³/mol. The maximum absolute atomic E-state index is 12.4. The van der Waals surface area contributed by atoms with Crippen molar-refractivity contribution in [1.29, 1.82) is 0 Å². The third-order valence-electron chi connectivity index (χ3n) is 2.69. The molecule has 0 atom stereocenters. The Morgan fingerprint density at radius 3 is 2.53 bits per heavy atom. The molecule has 1 amide bonds. The molecule has 106 valence electrons. The lowest BCUT2D eigenvalue weighted by molar-refractivity contribution is -0.140. The number of aromatic hydroxyl groups is 1. The molecule has 0 saturated heterocycles. The van der Waals surface area contributed by atoms with Crippen molar-refractivity contribution in [1.82, 2.24) is 4.90 Å². The highest BCUT2D eigenvalue weighted by Crippen LogP contribution is 2.23. The first-order valence-corrected chi connectivity index (χ1v) is 5.91. The normalized spacial score (nSPS) is 11.4. The maximum Gasteiger partial charge on any atom is 0.406 e. The summed E-state index contributed by atoms with van der Waals surface area (Å²) in [6, 6.07) is 4.24. The minimum absolute atomic E-state index is 0.0213. The lowest BCUT2D eigenvalue weighted by Gasteiger charge is -2.24. The summed E-state index contributed by atoms with van der Waals surface area (Å²) in [4.78, 5) is 12.9. The van der Waals surface area contributed by atoms with Crippen LogP contribution in [0.2, 0.25) is 0 Å². The van der Waals surface area contributed by atoms with E-state index in [9.17, 15) is 23.1 Å². The van der Waals surface area contributed by atoms with Crippen LogP contribution in [0.15, 0.2) is 18.2 Å². The zero-order valence-electron chi connectivity index (χ0n) is 10.8. The fourth-order valence-corrected chi connectivity index (χ4v) is 1.76. The van der Waals surface area contributed by atoms with Crippen LogP contribution < -0.4 is 0 Å². The molecule has 0 radical (unpaired) electrons. The first-order chi connectivity index (χ1) is 8.76. The molecule has 0 saturated carbocycles. The van der Waals surface area contributed by atoms with Gasteiger partial charge in [-0.3, -0.25) is 4.79 Å². The Hall–Kier alpha value is -1.72. The number of hydrogen-bond donors (Lipinski definition) is 1. The summed E-state index contributed by atoms with van der Waals surface area (Å²) in [7, 11) is 0. The molecule has 0 aromatic heterocycles. The van der Waals surface area contributed by atoms with Crippen molar-refractivity contribution in [3.05, 3.63) is 29.3 Å². The van der Waals surface area contributed by atoms with Crippen LogP contribution in [0.3, 0.4) is 0 Å². The van der Waals surface area contributed by atoms with Crippen molar-refractivity contribution in [2.45, 2.75) is 26.4 Å². The molecule has 1 aromatic rings. The van der Waals surface area contributed by atoms with E-state index in [-0.39, 0.29) is 23.4 Å². The zero-order chi connectivity index (χ0) is 14.6. The van der Waals surface area contributed by atoms with Gasteiger partial charge in [-0.25, -0.2) is 0 Å². The van der Waals surface area contributed by atoms with Crippen LogP contribution >= 0.6 is 0 Å². The van der Waals surface area contributed by atoms with Gasteiger partial charge in [0.15, 0.2) is 0 Å². The van der Waals surface area contributed by atoms with Gasteiger partial charge >= 0.3 is 6.18 Å². The number of halogens is 3. The first kappa shape index (κ1) is 15.3.